The van der Waals surface area contributed by atoms with E-state index in [1.165, 1.54) is 0 Å². The number of likely N-dealkylation sites (N-methyl/N-ethyl adjacent to an activating group) is 1. The smallest absolute Gasteiger partial charge is 0.335 e. The maximum atomic E-state index is 11.9. The second-order valence-corrected chi connectivity index (χ2v) is 6.88. The molecule has 1 aliphatic rings. The van der Waals surface area contributed by atoms with Crippen molar-refractivity contribution in [2.45, 2.75) is 6.42 Å². The Morgan fingerprint density at radius 2 is 1.96 bits per heavy atom. The van der Waals surface area contributed by atoms with Gasteiger partial charge in [-0.2, -0.15) is 0 Å². The molecule has 2 aromatic rings. The first-order chi connectivity index (χ1) is 12.4. The molecule has 0 saturated carbocycles. The van der Waals surface area contributed by atoms with Crippen LogP contribution in [0.25, 0.3) is 11.0 Å². The van der Waals surface area contributed by atoms with Gasteiger partial charge >= 0.3 is 5.97 Å². The molecular formula is C18H25N5O3. The van der Waals surface area contributed by atoms with E-state index in [1.807, 2.05) is 11.6 Å². The molecule has 1 amide bonds. The number of amides is 1. The summed E-state index contributed by atoms with van der Waals surface area (Å²) in [4.78, 5) is 33.8. The van der Waals surface area contributed by atoms with Crippen molar-refractivity contribution in [3.05, 3.63) is 23.8 Å². The molecule has 0 spiro atoms. The minimum atomic E-state index is -0.949. The van der Waals surface area contributed by atoms with Crippen molar-refractivity contribution >= 4 is 28.9 Å². The summed E-state index contributed by atoms with van der Waals surface area (Å²) in [5.74, 6) is 0.000724. The summed E-state index contributed by atoms with van der Waals surface area (Å²) in [5, 5.41) is 9.16. The Bertz CT molecular complexity index is 830. The number of fused-ring (bicyclic) bond motifs is 1. The second-order valence-electron chi connectivity index (χ2n) is 6.88. The number of aromatic nitrogens is 2. The highest BCUT2D eigenvalue weighted by atomic mass is 16.4. The lowest BCUT2D eigenvalue weighted by molar-refractivity contribution is -0.129. The van der Waals surface area contributed by atoms with Crippen LogP contribution in [0.5, 0.6) is 0 Å². The fourth-order valence-corrected chi connectivity index (χ4v) is 3.26. The van der Waals surface area contributed by atoms with Gasteiger partial charge in [-0.3, -0.25) is 9.69 Å². The van der Waals surface area contributed by atoms with E-state index in [0.717, 1.165) is 44.1 Å². The van der Waals surface area contributed by atoms with Crippen LogP contribution in [0, 0.1) is 0 Å². The van der Waals surface area contributed by atoms with Crippen LogP contribution in [0.2, 0.25) is 0 Å². The zero-order chi connectivity index (χ0) is 18.8. The number of carbonyl (C=O) groups excluding carboxylic acids is 1. The van der Waals surface area contributed by atoms with Crippen LogP contribution in [-0.4, -0.2) is 83.2 Å². The largest absolute Gasteiger partial charge is 0.478 e. The minimum absolute atomic E-state index is 0.113. The lowest BCUT2D eigenvalue weighted by Crippen LogP contribution is -2.39. The van der Waals surface area contributed by atoms with E-state index in [-0.39, 0.29) is 11.5 Å². The third-order valence-electron chi connectivity index (χ3n) is 4.83. The minimum Gasteiger partial charge on any atom is -0.478 e. The Balaban J connectivity index is 1.78. The number of aryl methyl sites for hydroxylation is 1. The number of carboxylic acid groups (broad SMARTS) is 1. The van der Waals surface area contributed by atoms with Crippen molar-refractivity contribution in [1.82, 2.24) is 19.4 Å². The molecule has 0 aliphatic carbocycles. The molecule has 3 rings (SSSR count). The predicted molar refractivity (Wildman–Crippen MR) is 99.6 cm³/mol. The quantitative estimate of drug-likeness (QED) is 0.872. The van der Waals surface area contributed by atoms with Crippen molar-refractivity contribution in [1.29, 1.82) is 0 Å². The number of imidazole rings is 1. The van der Waals surface area contributed by atoms with Crippen molar-refractivity contribution in [3.8, 4) is 0 Å². The van der Waals surface area contributed by atoms with Gasteiger partial charge in [-0.05, 0) is 24.6 Å². The molecule has 1 aromatic heterocycles. The number of carbonyl (C=O) groups is 2. The SMILES string of the molecule is CN(C)C(=O)CN1CCCN(c2nc3cc(C(=O)O)ccc3n2C)CC1. The van der Waals surface area contributed by atoms with Crippen LogP contribution in [0.15, 0.2) is 18.2 Å². The number of carboxylic acids is 1. The Morgan fingerprint density at radius 3 is 2.65 bits per heavy atom. The number of hydrogen-bond acceptors (Lipinski definition) is 5. The van der Waals surface area contributed by atoms with Crippen LogP contribution in [-0.2, 0) is 11.8 Å². The Labute approximate surface area is 152 Å². The molecule has 0 atom stereocenters. The molecule has 0 radical (unpaired) electrons. The van der Waals surface area contributed by atoms with Gasteiger partial charge < -0.3 is 19.5 Å². The van der Waals surface area contributed by atoms with E-state index in [1.54, 1.807) is 37.2 Å². The predicted octanol–water partition coefficient (Wildman–Crippen LogP) is 0.872. The van der Waals surface area contributed by atoms with Gasteiger partial charge in [0.2, 0.25) is 11.9 Å². The number of benzene rings is 1. The highest BCUT2D eigenvalue weighted by Crippen LogP contribution is 2.23. The van der Waals surface area contributed by atoms with Gasteiger partial charge in [-0.15, -0.1) is 0 Å². The molecule has 0 unspecified atom stereocenters. The molecule has 140 valence electrons. The summed E-state index contributed by atoms with van der Waals surface area (Å²) in [6, 6.07) is 5.02. The fraction of sp³-hybridized carbons (Fsp3) is 0.500. The number of anilines is 1. The summed E-state index contributed by atoms with van der Waals surface area (Å²) < 4.78 is 2.00. The van der Waals surface area contributed by atoms with Gasteiger partial charge in [0, 0.05) is 47.3 Å². The van der Waals surface area contributed by atoms with Crippen molar-refractivity contribution in [3.63, 3.8) is 0 Å². The first-order valence-electron chi connectivity index (χ1n) is 8.74. The lowest BCUT2D eigenvalue weighted by Gasteiger charge is -2.23. The van der Waals surface area contributed by atoms with Crippen molar-refractivity contribution < 1.29 is 14.7 Å². The van der Waals surface area contributed by atoms with Gasteiger partial charge in [0.15, 0.2) is 0 Å². The summed E-state index contributed by atoms with van der Waals surface area (Å²) in [7, 11) is 5.50. The third kappa shape index (κ3) is 3.65. The average molecular weight is 359 g/mol. The highest BCUT2D eigenvalue weighted by molar-refractivity contribution is 5.93. The van der Waals surface area contributed by atoms with Gasteiger partial charge in [0.1, 0.15) is 0 Å². The normalized spacial score (nSPS) is 15.9. The summed E-state index contributed by atoms with van der Waals surface area (Å²) in [6.45, 7) is 3.75. The van der Waals surface area contributed by atoms with Gasteiger partial charge in [-0.1, -0.05) is 0 Å². The van der Waals surface area contributed by atoms with Crippen molar-refractivity contribution in [2.75, 3.05) is 51.7 Å². The standard InChI is InChI=1S/C18H25N5O3/c1-20(2)16(24)12-22-7-4-8-23(10-9-22)18-19-14-11-13(17(25)26)5-6-15(14)21(18)3/h5-6,11H,4,7-10,12H2,1-3H3,(H,25,26). The van der Waals surface area contributed by atoms with Gasteiger partial charge in [0.05, 0.1) is 23.1 Å². The monoisotopic (exact) mass is 359 g/mol. The molecule has 8 nitrogen and oxygen atoms in total. The molecule has 8 heteroatoms. The lowest BCUT2D eigenvalue weighted by atomic mass is 10.2. The number of aromatic carboxylic acids is 1. The van der Waals surface area contributed by atoms with E-state index in [4.69, 9.17) is 5.11 Å². The summed E-state index contributed by atoms with van der Waals surface area (Å²) >= 11 is 0. The van der Waals surface area contributed by atoms with E-state index < -0.39 is 5.97 Å². The zero-order valence-corrected chi connectivity index (χ0v) is 15.5. The Morgan fingerprint density at radius 1 is 1.19 bits per heavy atom. The molecule has 1 aliphatic heterocycles. The van der Waals surface area contributed by atoms with E-state index >= 15 is 0 Å². The first-order valence-corrected chi connectivity index (χ1v) is 8.74. The Kier molecular flexibility index (Phi) is 5.13. The summed E-state index contributed by atoms with van der Waals surface area (Å²) in [5.41, 5.74) is 1.84. The van der Waals surface area contributed by atoms with E-state index in [9.17, 15) is 9.59 Å². The number of nitrogens with zero attached hydrogens (tertiary/aromatic N) is 5. The number of rotatable bonds is 4. The Hall–Kier alpha value is -2.61. The highest BCUT2D eigenvalue weighted by Gasteiger charge is 2.21. The van der Waals surface area contributed by atoms with Crippen molar-refractivity contribution in [2.24, 2.45) is 7.05 Å². The molecule has 2 heterocycles. The fourth-order valence-electron chi connectivity index (χ4n) is 3.26. The zero-order valence-electron chi connectivity index (χ0n) is 15.5. The topological polar surface area (TPSA) is 81.9 Å². The second kappa shape index (κ2) is 7.33. The van der Waals surface area contributed by atoms with Gasteiger partial charge in [-0.25, -0.2) is 9.78 Å². The maximum Gasteiger partial charge on any atom is 0.335 e. The molecule has 26 heavy (non-hydrogen) atoms. The average Bonchev–Trinajstić information content (AvgIpc) is 2.77. The molecular weight excluding hydrogens is 334 g/mol. The van der Waals surface area contributed by atoms with E-state index in [2.05, 4.69) is 14.8 Å². The molecule has 1 N–H and O–H groups in total. The van der Waals surface area contributed by atoms with Gasteiger partial charge in [0.25, 0.3) is 0 Å². The molecule has 0 bridgehead atoms. The summed E-state index contributed by atoms with van der Waals surface area (Å²) in [6.07, 6.45) is 0.949. The molecule has 1 aromatic carbocycles. The third-order valence-corrected chi connectivity index (χ3v) is 4.83. The van der Waals surface area contributed by atoms with Crippen LogP contribution in [0.3, 0.4) is 0 Å². The molecule has 1 saturated heterocycles. The number of hydrogen-bond donors (Lipinski definition) is 1. The van der Waals surface area contributed by atoms with Crippen LogP contribution >= 0.6 is 0 Å². The maximum absolute atomic E-state index is 11.9. The van der Waals surface area contributed by atoms with Crippen LogP contribution < -0.4 is 4.90 Å². The van der Waals surface area contributed by atoms with Crippen LogP contribution in [0.4, 0.5) is 5.95 Å². The molecule has 1 fully saturated rings. The first kappa shape index (κ1) is 18.2. The van der Waals surface area contributed by atoms with Crippen LogP contribution in [0.1, 0.15) is 16.8 Å². The van der Waals surface area contributed by atoms with E-state index in [0.29, 0.717) is 12.1 Å².